The molecule has 0 amide bonds. The fraction of sp³-hybridized carbons (Fsp3) is 0.421. The normalized spacial score (nSPS) is 18.2. The summed E-state index contributed by atoms with van der Waals surface area (Å²) in [5.41, 5.74) is 1.28. The van der Waals surface area contributed by atoms with Crippen LogP contribution in [0, 0.1) is 0 Å². The maximum absolute atomic E-state index is 11.7. The summed E-state index contributed by atoms with van der Waals surface area (Å²) in [4.78, 5) is 11.7. The second-order valence-corrected chi connectivity index (χ2v) is 5.90. The molecular weight excluding hydrogens is 292 g/mol. The summed E-state index contributed by atoms with van der Waals surface area (Å²) in [5, 5.41) is 11.3. The van der Waals surface area contributed by atoms with Crippen molar-refractivity contribution >= 4 is 16.7 Å². The molecule has 4 nitrogen and oxygen atoms in total. The lowest BCUT2D eigenvalue weighted by molar-refractivity contribution is -0.162. The minimum absolute atomic E-state index is 0.0840. The first-order valence-electron chi connectivity index (χ1n) is 8.23. The van der Waals surface area contributed by atoms with Gasteiger partial charge in [0.1, 0.15) is 0 Å². The zero-order valence-corrected chi connectivity index (χ0v) is 13.2. The number of carbonyl (C=O) groups is 1. The van der Waals surface area contributed by atoms with E-state index >= 15 is 0 Å². The van der Waals surface area contributed by atoms with Gasteiger partial charge in [-0.25, -0.2) is 4.79 Å². The molecule has 1 heterocycles. The molecule has 2 aromatic rings. The average Bonchev–Trinajstić information content (AvgIpc) is 2.59. The summed E-state index contributed by atoms with van der Waals surface area (Å²) in [5.74, 6) is -0.867. The van der Waals surface area contributed by atoms with E-state index in [0.717, 1.165) is 48.6 Å². The third-order valence-electron chi connectivity index (χ3n) is 4.26. The molecule has 0 saturated carbocycles. The van der Waals surface area contributed by atoms with Crippen molar-refractivity contribution in [1.82, 2.24) is 0 Å². The molecule has 122 valence electrons. The van der Waals surface area contributed by atoms with Crippen molar-refractivity contribution in [3.05, 3.63) is 47.5 Å². The Hall–Kier alpha value is -1.91. The van der Waals surface area contributed by atoms with Crippen LogP contribution in [0.1, 0.15) is 41.6 Å². The Bertz CT molecular complexity index is 674. The fourth-order valence-electron chi connectivity index (χ4n) is 3.10. The zero-order chi connectivity index (χ0) is 16.1. The quantitative estimate of drug-likeness (QED) is 0.818. The van der Waals surface area contributed by atoms with E-state index < -0.39 is 5.97 Å². The maximum Gasteiger partial charge on any atom is 0.336 e. The Labute approximate surface area is 136 Å². The SMILES string of the molecule is O=C(O)c1c(CCCO[C@@H]2CCCCO2)ccc2ccccc12. The number of ether oxygens (including phenoxy) is 2. The van der Waals surface area contributed by atoms with Crippen LogP contribution in [0.3, 0.4) is 0 Å². The van der Waals surface area contributed by atoms with E-state index in [4.69, 9.17) is 9.47 Å². The van der Waals surface area contributed by atoms with Crippen molar-refractivity contribution in [2.45, 2.75) is 38.4 Å². The molecule has 1 atom stereocenters. The van der Waals surface area contributed by atoms with E-state index in [-0.39, 0.29) is 6.29 Å². The number of carboxylic acid groups (broad SMARTS) is 1. The standard InChI is InChI=1S/C19H22O4/c20-19(21)18-15(11-10-14-6-1-2-8-16(14)18)7-5-13-23-17-9-3-4-12-22-17/h1-2,6,8,10-11,17H,3-5,7,9,12-13H2,(H,20,21)/t17-/m1/s1. The number of carboxylic acids is 1. The number of rotatable bonds is 6. The summed E-state index contributed by atoms with van der Waals surface area (Å²) in [6, 6.07) is 11.5. The maximum atomic E-state index is 11.7. The van der Waals surface area contributed by atoms with Crippen LogP contribution in [0.25, 0.3) is 10.8 Å². The van der Waals surface area contributed by atoms with Gasteiger partial charge in [0.15, 0.2) is 6.29 Å². The van der Waals surface area contributed by atoms with E-state index in [0.29, 0.717) is 18.6 Å². The Morgan fingerprint density at radius 2 is 2.09 bits per heavy atom. The van der Waals surface area contributed by atoms with Gasteiger partial charge in [-0.05, 0) is 48.4 Å². The molecule has 1 N–H and O–H groups in total. The van der Waals surface area contributed by atoms with E-state index in [1.54, 1.807) is 0 Å². The van der Waals surface area contributed by atoms with Crippen LogP contribution in [-0.4, -0.2) is 30.6 Å². The number of benzene rings is 2. The zero-order valence-electron chi connectivity index (χ0n) is 13.2. The van der Waals surface area contributed by atoms with Crippen LogP contribution in [0.5, 0.6) is 0 Å². The van der Waals surface area contributed by atoms with Gasteiger partial charge in [0.25, 0.3) is 0 Å². The molecule has 1 aliphatic heterocycles. The van der Waals surface area contributed by atoms with Crippen LogP contribution in [-0.2, 0) is 15.9 Å². The highest BCUT2D eigenvalue weighted by atomic mass is 16.7. The smallest absolute Gasteiger partial charge is 0.336 e. The summed E-state index contributed by atoms with van der Waals surface area (Å²) >= 11 is 0. The summed E-state index contributed by atoms with van der Waals surface area (Å²) in [7, 11) is 0. The molecule has 0 spiro atoms. The van der Waals surface area contributed by atoms with Crippen LogP contribution in [0.4, 0.5) is 0 Å². The lowest BCUT2D eigenvalue weighted by atomic mass is 9.96. The molecule has 0 aliphatic carbocycles. The molecule has 0 radical (unpaired) electrons. The number of fused-ring (bicyclic) bond motifs is 1. The lowest BCUT2D eigenvalue weighted by Crippen LogP contribution is -2.22. The molecular formula is C19H22O4. The Balaban J connectivity index is 1.65. The monoisotopic (exact) mass is 314 g/mol. The third kappa shape index (κ3) is 3.89. The third-order valence-corrected chi connectivity index (χ3v) is 4.26. The van der Waals surface area contributed by atoms with Crippen LogP contribution < -0.4 is 0 Å². The molecule has 0 unspecified atom stereocenters. The van der Waals surface area contributed by atoms with Crippen molar-refractivity contribution in [1.29, 1.82) is 0 Å². The highest BCUT2D eigenvalue weighted by Gasteiger charge is 2.16. The van der Waals surface area contributed by atoms with E-state index in [1.165, 1.54) is 0 Å². The van der Waals surface area contributed by atoms with Gasteiger partial charge in [-0.15, -0.1) is 0 Å². The Morgan fingerprint density at radius 3 is 2.87 bits per heavy atom. The number of hydrogen-bond acceptors (Lipinski definition) is 3. The van der Waals surface area contributed by atoms with Gasteiger partial charge in [0.05, 0.1) is 12.2 Å². The largest absolute Gasteiger partial charge is 0.478 e. The van der Waals surface area contributed by atoms with E-state index in [9.17, 15) is 9.90 Å². The molecule has 23 heavy (non-hydrogen) atoms. The van der Waals surface area contributed by atoms with Crippen molar-refractivity contribution in [2.24, 2.45) is 0 Å². The molecule has 4 heteroatoms. The number of aryl methyl sites for hydroxylation is 1. The predicted octanol–water partition coefficient (Wildman–Crippen LogP) is 4.01. The minimum atomic E-state index is -0.867. The van der Waals surface area contributed by atoms with Crippen molar-refractivity contribution in [3.8, 4) is 0 Å². The number of hydrogen-bond donors (Lipinski definition) is 1. The summed E-state index contributed by atoms with van der Waals surface area (Å²) < 4.78 is 11.3. The Kier molecular flexibility index (Phi) is 5.26. The molecule has 3 rings (SSSR count). The van der Waals surface area contributed by atoms with Gasteiger partial charge in [0.2, 0.25) is 0 Å². The second-order valence-electron chi connectivity index (χ2n) is 5.90. The predicted molar refractivity (Wildman–Crippen MR) is 88.8 cm³/mol. The summed E-state index contributed by atoms with van der Waals surface area (Å²) in [6.07, 6.45) is 4.62. The highest BCUT2D eigenvalue weighted by molar-refractivity contribution is 6.05. The fourth-order valence-corrected chi connectivity index (χ4v) is 3.10. The van der Waals surface area contributed by atoms with Gasteiger partial charge in [-0.3, -0.25) is 0 Å². The van der Waals surface area contributed by atoms with Crippen molar-refractivity contribution < 1.29 is 19.4 Å². The lowest BCUT2D eigenvalue weighted by Gasteiger charge is -2.22. The topological polar surface area (TPSA) is 55.8 Å². The van der Waals surface area contributed by atoms with E-state index in [1.807, 2.05) is 36.4 Å². The minimum Gasteiger partial charge on any atom is -0.478 e. The highest BCUT2D eigenvalue weighted by Crippen LogP contribution is 2.24. The van der Waals surface area contributed by atoms with Gasteiger partial charge in [-0.1, -0.05) is 36.4 Å². The van der Waals surface area contributed by atoms with Crippen LogP contribution in [0.15, 0.2) is 36.4 Å². The molecule has 0 aromatic heterocycles. The van der Waals surface area contributed by atoms with Crippen LogP contribution >= 0.6 is 0 Å². The molecule has 1 saturated heterocycles. The second kappa shape index (κ2) is 7.57. The first kappa shape index (κ1) is 16.0. The average molecular weight is 314 g/mol. The first-order chi connectivity index (χ1) is 11.3. The molecule has 1 aliphatic rings. The van der Waals surface area contributed by atoms with Gasteiger partial charge in [0, 0.05) is 6.61 Å². The molecule has 1 fully saturated rings. The summed E-state index contributed by atoms with van der Waals surface area (Å²) in [6.45, 7) is 1.37. The van der Waals surface area contributed by atoms with Crippen molar-refractivity contribution in [2.75, 3.05) is 13.2 Å². The Morgan fingerprint density at radius 1 is 1.22 bits per heavy atom. The van der Waals surface area contributed by atoms with Gasteiger partial charge >= 0.3 is 5.97 Å². The molecule has 0 bridgehead atoms. The van der Waals surface area contributed by atoms with Crippen molar-refractivity contribution in [3.63, 3.8) is 0 Å². The molecule has 2 aromatic carbocycles. The first-order valence-corrected chi connectivity index (χ1v) is 8.23. The van der Waals surface area contributed by atoms with E-state index in [2.05, 4.69) is 0 Å². The van der Waals surface area contributed by atoms with Gasteiger partial charge in [-0.2, -0.15) is 0 Å². The van der Waals surface area contributed by atoms with Gasteiger partial charge < -0.3 is 14.6 Å². The number of aromatic carboxylic acids is 1. The van der Waals surface area contributed by atoms with Crippen LogP contribution in [0.2, 0.25) is 0 Å².